The molecule has 1 unspecified atom stereocenters. The minimum Gasteiger partial charge on any atom is -0.466 e. The molecule has 0 amide bonds. The molecule has 25 heteroatoms. The van der Waals surface area contributed by atoms with Gasteiger partial charge in [0.2, 0.25) is 0 Å². The summed E-state index contributed by atoms with van der Waals surface area (Å²) in [5, 5.41) is 0.931. The highest BCUT2D eigenvalue weighted by atomic mass is 35.5. The van der Waals surface area contributed by atoms with Crippen LogP contribution >= 0.6 is 23.2 Å². The van der Waals surface area contributed by atoms with E-state index in [2.05, 4.69) is 29.0 Å². The van der Waals surface area contributed by atoms with Gasteiger partial charge in [0.25, 0.3) is 0 Å². The van der Waals surface area contributed by atoms with E-state index in [0.717, 1.165) is 55.0 Å². The molecule has 12 radical (unpaired) electrons. The van der Waals surface area contributed by atoms with Gasteiger partial charge in [-0.1, -0.05) is 55.4 Å². The van der Waals surface area contributed by atoms with E-state index in [4.69, 9.17) is 69.6 Å². The Labute approximate surface area is 384 Å². The van der Waals surface area contributed by atoms with E-state index in [9.17, 15) is 45.6 Å². The van der Waals surface area contributed by atoms with Gasteiger partial charge in [0.05, 0.1) is 16.7 Å². The van der Waals surface area contributed by atoms with Gasteiger partial charge in [0, 0.05) is 109 Å². The highest BCUT2D eigenvalue weighted by Crippen LogP contribution is 2.28. The summed E-state index contributed by atoms with van der Waals surface area (Å²) in [7, 11) is 26.1. The van der Waals surface area contributed by atoms with Gasteiger partial charge in [-0.25, -0.2) is 0 Å². The molecule has 1 atom stereocenters. The van der Waals surface area contributed by atoms with Crippen LogP contribution in [-0.4, -0.2) is 123 Å². The van der Waals surface area contributed by atoms with Crippen LogP contribution in [0.15, 0.2) is 55.3 Å². The lowest BCUT2D eigenvalue weighted by Gasteiger charge is -2.23. The summed E-state index contributed by atoms with van der Waals surface area (Å²) in [5.41, 5.74) is -1.57. The number of halogens is 5. The molecular formula is C37H45B10Cl2F3O9S. The van der Waals surface area contributed by atoms with E-state index in [0.29, 0.717) is 39.9 Å². The maximum Gasteiger partial charge on any atom is 0.534 e. The summed E-state index contributed by atoms with van der Waals surface area (Å²) >= 11 is 11.7. The van der Waals surface area contributed by atoms with Crippen LogP contribution in [0.3, 0.4) is 0 Å². The number of aldehydes is 2. The third-order valence-electron chi connectivity index (χ3n) is 8.41. The van der Waals surface area contributed by atoms with Gasteiger partial charge in [-0.05, 0) is 99.8 Å². The van der Waals surface area contributed by atoms with Crippen molar-refractivity contribution in [2.24, 2.45) is 0 Å². The first-order valence-corrected chi connectivity index (χ1v) is 21.4. The molecule has 318 valence electrons. The van der Waals surface area contributed by atoms with Gasteiger partial charge in [-0.3, -0.25) is 14.4 Å². The second-order valence-electron chi connectivity index (χ2n) is 13.9. The van der Waals surface area contributed by atoms with Crippen molar-refractivity contribution in [3.63, 3.8) is 0 Å². The summed E-state index contributed by atoms with van der Waals surface area (Å²) in [4.78, 5) is 54.1. The molecule has 0 aliphatic rings. The van der Waals surface area contributed by atoms with Crippen LogP contribution in [0.1, 0.15) is 123 Å². The molecular weight excluding hydrogens is 856 g/mol. The van der Waals surface area contributed by atoms with Crippen LogP contribution < -0.4 is 0 Å². The molecule has 0 saturated carbocycles. The molecule has 2 aromatic carbocycles. The summed E-state index contributed by atoms with van der Waals surface area (Å²) in [5.74, 6) is -0.352. The lowest BCUT2D eigenvalue weighted by molar-refractivity contribution is -0.143. The lowest BCUT2D eigenvalue weighted by atomic mass is 8.58. The van der Waals surface area contributed by atoms with Crippen LogP contribution in [0.2, 0.25) is 10.0 Å². The number of carbonyl (C=O) groups is 5. The fraction of sp³-hybridized carbons (Fsp3) is 0.432. The number of rotatable bonds is 22. The number of ketones is 2. The molecule has 62 heavy (non-hydrogen) atoms. The number of alkyl halides is 3. The van der Waals surface area contributed by atoms with E-state index in [1.807, 2.05) is 18.2 Å². The molecule has 0 saturated heterocycles. The number of benzene rings is 2. The minimum absolute atomic E-state index is 0.0533. The van der Waals surface area contributed by atoms with Crippen molar-refractivity contribution in [1.82, 2.24) is 0 Å². The summed E-state index contributed by atoms with van der Waals surface area (Å²) in [6.07, 6.45) is 3.46. The minimum atomic E-state index is -5.67. The first-order valence-electron chi connectivity index (χ1n) is 19.2. The molecule has 0 aromatic heterocycles. The Hall–Kier alpha value is -3.16. The van der Waals surface area contributed by atoms with E-state index >= 15 is 0 Å². The number of ether oxygens (including phenoxy) is 1. The van der Waals surface area contributed by atoms with Gasteiger partial charge < -0.3 is 18.5 Å². The van der Waals surface area contributed by atoms with Crippen molar-refractivity contribution < 1.29 is 54.5 Å². The van der Waals surface area contributed by atoms with Gasteiger partial charge in [0.15, 0.2) is 12.6 Å². The maximum atomic E-state index is 11.9. The van der Waals surface area contributed by atoms with Crippen LogP contribution in [0, 0.1) is 0 Å². The number of carbonyl (C=O) groups excluding carboxylic acids is 5. The average Bonchev–Trinajstić information content (AvgIpc) is 3.14. The van der Waals surface area contributed by atoms with E-state index in [-0.39, 0.29) is 37.4 Å². The zero-order chi connectivity index (χ0) is 48.4. The number of allylic oxidation sites excluding steroid dienone is 2. The van der Waals surface area contributed by atoms with E-state index in [1.54, 1.807) is 39.0 Å². The Morgan fingerprint density at radius 1 is 0.774 bits per heavy atom. The molecule has 0 bridgehead atoms. The largest absolute Gasteiger partial charge is 0.534 e. The molecule has 2 rings (SSSR count). The predicted molar refractivity (Wildman–Crippen MR) is 253 cm³/mol. The molecule has 0 heterocycles. The third kappa shape index (κ3) is 26.5. The second kappa shape index (κ2) is 31.6. The number of Topliss-reactive ketones (excluding diaryl/α,β-unsaturated/α-hetero) is 2. The Bertz CT molecular complexity index is 1870. The smallest absolute Gasteiger partial charge is 0.466 e. The van der Waals surface area contributed by atoms with Crippen LogP contribution in [0.5, 0.6) is 0 Å². The molecule has 0 fully saturated rings. The summed E-state index contributed by atoms with van der Waals surface area (Å²) < 4.78 is 65.2. The molecule has 0 spiro atoms. The number of hydrogen-bond acceptors (Lipinski definition) is 9. The normalized spacial score (nSPS) is 10.9. The first kappa shape index (κ1) is 60.9. The fourth-order valence-electron chi connectivity index (χ4n) is 5.01. The monoisotopic (exact) mass is 902 g/mol. The predicted octanol–water partition coefficient (Wildman–Crippen LogP) is 6.23. The molecule has 2 aromatic rings. The first-order chi connectivity index (χ1) is 28.6. The van der Waals surface area contributed by atoms with Crippen molar-refractivity contribution in [2.45, 2.75) is 96.9 Å². The van der Waals surface area contributed by atoms with Crippen molar-refractivity contribution >= 4 is 141 Å². The summed E-state index contributed by atoms with van der Waals surface area (Å²) in [6, 6.07) is 10.8. The van der Waals surface area contributed by atoms with Crippen molar-refractivity contribution in [2.75, 3.05) is 6.61 Å². The third-order valence-corrected chi connectivity index (χ3v) is 10.1. The zero-order valence-electron chi connectivity index (χ0n) is 35.4. The highest BCUT2D eigenvalue weighted by Gasteiger charge is 2.48. The Kier molecular flexibility index (Phi) is 31.1. The SMILES string of the molecule is C=C(CCCC(=O)OCC)OS(=O)(=O)C(F)(F)F.C=C(CCCC(C)=O)c1ccc(Cl)c(C=O)c1.CC(=O)CCCC(C)c1ccc(Cl)c(C=O)c1.[B]B([B])B(B([B])[B])B([B])[B]. The Morgan fingerprint density at radius 2 is 1.24 bits per heavy atom. The number of hydrogen-bond donors (Lipinski definition) is 0. The van der Waals surface area contributed by atoms with Gasteiger partial charge in [-0.2, -0.15) is 21.6 Å². The van der Waals surface area contributed by atoms with Crippen molar-refractivity contribution in [3.8, 4) is 0 Å². The van der Waals surface area contributed by atoms with Crippen LogP contribution in [0.25, 0.3) is 5.57 Å². The molecule has 0 N–H and O–H groups in total. The molecule has 0 aliphatic heterocycles. The average molecular weight is 902 g/mol. The van der Waals surface area contributed by atoms with Crippen molar-refractivity contribution in [3.05, 3.63) is 87.6 Å². The lowest BCUT2D eigenvalue weighted by Crippen LogP contribution is -2.62. The Balaban J connectivity index is 0. The van der Waals surface area contributed by atoms with Crippen LogP contribution in [0.4, 0.5) is 13.2 Å². The number of esters is 1. The summed E-state index contributed by atoms with van der Waals surface area (Å²) in [6.45, 7) is 14.1. The van der Waals surface area contributed by atoms with E-state index in [1.165, 1.54) is 0 Å². The molecule has 0 aliphatic carbocycles. The van der Waals surface area contributed by atoms with Gasteiger partial charge in [0.1, 0.15) is 17.3 Å². The van der Waals surface area contributed by atoms with Crippen LogP contribution in [-0.2, 0) is 33.4 Å². The topological polar surface area (TPSA) is 138 Å². The standard InChI is InChI=1S/C14H17ClO2.C14H15ClO2.C9H13F3O5S.B10/c2*1-10(4-3-5-11(2)17)12-6-7-14(15)13(8-12)9-16;1-3-16-8(13)6-4-5-7(2)17-18(14,15)9(10,11)12;1-7(2)10(8(3)4)9(5)6/h6-10H,3-5H2,1-2H3;6-9H,1,3-5H2,2H3;2-6H2,1H3;. The maximum absolute atomic E-state index is 11.9. The van der Waals surface area contributed by atoms with Gasteiger partial charge in [-0.15, -0.1) is 0 Å². The van der Waals surface area contributed by atoms with Gasteiger partial charge >= 0.3 is 21.6 Å². The van der Waals surface area contributed by atoms with E-state index < -0.39 is 52.9 Å². The Morgan fingerprint density at radius 3 is 1.68 bits per heavy atom. The second-order valence-corrected chi connectivity index (χ2v) is 16.2. The quantitative estimate of drug-likeness (QED) is 0.0336. The van der Waals surface area contributed by atoms with Crippen molar-refractivity contribution in [1.29, 1.82) is 0 Å². The fourth-order valence-corrected chi connectivity index (χ4v) is 5.82. The molecule has 9 nitrogen and oxygen atoms in total. The zero-order valence-corrected chi connectivity index (χ0v) is 37.8. The highest BCUT2D eigenvalue weighted by molar-refractivity contribution is 8.00.